The molecule has 0 saturated carbocycles. The van der Waals surface area contributed by atoms with Gasteiger partial charge in [-0.1, -0.05) is 0 Å². The number of benzene rings is 1. The van der Waals surface area contributed by atoms with E-state index in [-0.39, 0.29) is 12.1 Å². The van der Waals surface area contributed by atoms with Crippen molar-refractivity contribution < 1.29 is 17.6 Å². The predicted octanol–water partition coefficient (Wildman–Crippen LogP) is 4.56. The van der Waals surface area contributed by atoms with E-state index in [9.17, 15) is 17.6 Å². The summed E-state index contributed by atoms with van der Waals surface area (Å²) in [6.07, 6.45) is 0.421. The Morgan fingerprint density at radius 3 is 2.54 bits per heavy atom. The maximum atomic E-state index is 13.9. The van der Waals surface area contributed by atoms with E-state index in [4.69, 9.17) is 0 Å². The number of hydrogen-bond acceptors (Lipinski definition) is 4. The van der Waals surface area contributed by atoms with Crippen LogP contribution in [0.15, 0.2) is 61.1 Å². The van der Waals surface area contributed by atoms with Gasteiger partial charge in [0.15, 0.2) is 5.65 Å². The van der Waals surface area contributed by atoms with Crippen molar-refractivity contribution in [2.24, 2.45) is 0 Å². The molecule has 0 radical (unpaired) electrons. The molecule has 0 atom stereocenters. The molecule has 9 heteroatoms. The van der Waals surface area contributed by atoms with E-state index >= 15 is 0 Å². The lowest BCUT2D eigenvalue weighted by Gasteiger charge is -2.11. The van der Waals surface area contributed by atoms with Gasteiger partial charge in [-0.2, -0.15) is 13.2 Å². The number of nitrogens with zero attached hydrogens (tertiary/aromatic N) is 4. The van der Waals surface area contributed by atoms with Crippen LogP contribution in [0.4, 0.5) is 23.4 Å². The van der Waals surface area contributed by atoms with Crippen molar-refractivity contribution in [3.05, 3.63) is 78.0 Å². The molecule has 28 heavy (non-hydrogen) atoms. The second kappa shape index (κ2) is 6.91. The molecule has 3 aromatic heterocycles. The first-order valence-corrected chi connectivity index (χ1v) is 8.26. The van der Waals surface area contributed by atoms with Crippen molar-refractivity contribution in [2.45, 2.75) is 12.7 Å². The predicted molar refractivity (Wildman–Crippen MR) is 94.9 cm³/mol. The molecule has 0 aliphatic heterocycles. The maximum Gasteiger partial charge on any atom is 0.416 e. The average molecular weight is 387 g/mol. The average Bonchev–Trinajstić information content (AvgIpc) is 3.10. The van der Waals surface area contributed by atoms with Crippen molar-refractivity contribution in [2.75, 3.05) is 5.32 Å². The summed E-state index contributed by atoms with van der Waals surface area (Å²) in [7, 11) is 0. The fraction of sp³-hybridized carbons (Fsp3) is 0.105. The minimum atomic E-state index is -4.53. The summed E-state index contributed by atoms with van der Waals surface area (Å²) in [6.45, 7) is -0.145. The molecule has 1 aromatic carbocycles. The molecule has 0 spiro atoms. The molecular formula is C19H13F4N5. The van der Waals surface area contributed by atoms with Crippen LogP contribution in [0.5, 0.6) is 0 Å². The summed E-state index contributed by atoms with van der Waals surface area (Å²) in [5.41, 5.74) is 1.19. The quantitative estimate of drug-likeness (QED) is 0.522. The molecule has 0 fully saturated rings. The number of rotatable bonds is 4. The fourth-order valence-corrected chi connectivity index (χ4v) is 2.76. The van der Waals surface area contributed by atoms with Gasteiger partial charge in [0, 0.05) is 30.1 Å². The Bertz CT molecular complexity index is 1120. The third-order valence-corrected chi connectivity index (χ3v) is 4.17. The normalized spacial score (nSPS) is 11.7. The molecule has 5 nitrogen and oxygen atoms in total. The number of anilines is 1. The van der Waals surface area contributed by atoms with Gasteiger partial charge in [0.1, 0.15) is 11.6 Å². The largest absolute Gasteiger partial charge is 0.416 e. The van der Waals surface area contributed by atoms with Crippen LogP contribution in [0.25, 0.3) is 16.9 Å². The SMILES string of the molecule is Fc1ccc(C(F)(F)F)cc1CNc1ccc2ncc(-c3ccncc3)n2n1. The molecule has 0 saturated heterocycles. The van der Waals surface area contributed by atoms with Crippen molar-refractivity contribution >= 4 is 11.5 Å². The summed E-state index contributed by atoms with van der Waals surface area (Å²) in [5, 5.41) is 7.27. The summed E-state index contributed by atoms with van der Waals surface area (Å²) < 4.78 is 54.0. The van der Waals surface area contributed by atoms with Gasteiger partial charge in [-0.05, 0) is 42.5 Å². The zero-order valence-corrected chi connectivity index (χ0v) is 14.3. The first-order chi connectivity index (χ1) is 13.4. The molecule has 4 aromatic rings. The topological polar surface area (TPSA) is 55.1 Å². The van der Waals surface area contributed by atoms with E-state index in [1.54, 1.807) is 35.2 Å². The first-order valence-electron chi connectivity index (χ1n) is 8.26. The number of nitrogens with one attached hydrogen (secondary N) is 1. The molecule has 0 amide bonds. The number of pyridine rings is 1. The lowest BCUT2D eigenvalue weighted by atomic mass is 10.1. The third-order valence-electron chi connectivity index (χ3n) is 4.17. The minimum absolute atomic E-state index is 0.100. The lowest BCUT2D eigenvalue weighted by Crippen LogP contribution is -2.09. The van der Waals surface area contributed by atoms with Crippen LogP contribution in [-0.4, -0.2) is 19.6 Å². The second-order valence-electron chi connectivity index (χ2n) is 6.03. The maximum absolute atomic E-state index is 13.9. The molecule has 3 heterocycles. The summed E-state index contributed by atoms with van der Waals surface area (Å²) in [6, 6.07) is 9.28. The standard InChI is InChI=1S/C19H13F4N5/c20-15-2-1-14(19(21,22)23)9-13(15)10-25-17-3-4-18-26-11-16(28(18)27-17)12-5-7-24-8-6-12/h1-9,11H,10H2,(H,25,27). The number of imidazole rings is 1. The van der Waals surface area contributed by atoms with Crippen LogP contribution in [0.1, 0.15) is 11.1 Å². The first kappa shape index (κ1) is 17.9. The van der Waals surface area contributed by atoms with Gasteiger partial charge < -0.3 is 5.32 Å². The highest BCUT2D eigenvalue weighted by Crippen LogP contribution is 2.30. The Balaban J connectivity index is 1.61. The van der Waals surface area contributed by atoms with Crippen LogP contribution in [0.2, 0.25) is 0 Å². The highest BCUT2D eigenvalue weighted by Gasteiger charge is 2.31. The number of fused-ring (bicyclic) bond motifs is 1. The highest BCUT2D eigenvalue weighted by molar-refractivity contribution is 5.63. The van der Waals surface area contributed by atoms with Crippen molar-refractivity contribution in [1.82, 2.24) is 19.6 Å². The lowest BCUT2D eigenvalue weighted by molar-refractivity contribution is -0.137. The Kier molecular flexibility index (Phi) is 4.42. The zero-order valence-electron chi connectivity index (χ0n) is 14.3. The Morgan fingerprint density at radius 2 is 1.79 bits per heavy atom. The summed E-state index contributed by atoms with van der Waals surface area (Å²) >= 11 is 0. The third kappa shape index (κ3) is 3.51. The van der Waals surface area contributed by atoms with Gasteiger partial charge >= 0.3 is 6.18 Å². The molecule has 0 aliphatic rings. The summed E-state index contributed by atoms with van der Waals surface area (Å²) in [5.74, 6) is -0.348. The Labute approximate surface area is 156 Å². The molecule has 0 aliphatic carbocycles. The van der Waals surface area contributed by atoms with Crippen LogP contribution in [0, 0.1) is 5.82 Å². The minimum Gasteiger partial charge on any atom is -0.364 e. The van der Waals surface area contributed by atoms with Gasteiger partial charge in [-0.25, -0.2) is 13.9 Å². The molecule has 4 rings (SSSR count). The summed E-state index contributed by atoms with van der Waals surface area (Å²) in [4.78, 5) is 8.24. The Hall–Kier alpha value is -3.49. The number of halogens is 4. The monoisotopic (exact) mass is 387 g/mol. The van der Waals surface area contributed by atoms with Gasteiger partial charge in [-0.15, -0.1) is 5.10 Å². The van der Waals surface area contributed by atoms with Crippen molar-refractivity contribution in [3.8, 4) is 11.3 Å². The van der Waals surface area contributed by atoms with Crippen LogP contribution < -0.4 is 5.32 Å². The van der Waals surface area contributed by atoms with Gasteiger partial charge in [0.05, 0.1) is 17.5 Å². The van der Waals surface area contributed by atoms with E-state index in [1.165, 1.54) is 0 Å². The molecule has 0 unspecified atom stereocenters. The molecule has 0 bridgehead atoms. The van der Waals surface area contributed by atoms with Crippen LogP contribution >= 0.6 is 0 Å². The Morgan fingerprint density at radius 1 is 1.00 bits per heavy atom. The van der Waals surface area contributed by atoms with Crippen molar-refractivity contribution in [3.63, 3.8) is 0 Å². The van der Waals surface area contributed by atoms with E-state index in [0.29, 0.717) is 11.5 Å². The fourth-order valence-electron chi connectivity index (χ4n) is 2.76. The highest BCUT2D eigenvalue weighted by atomic mass is 19.4. The van der Waals surface area contributed by atoms with Crippen LogP contribution in [-0.2, 0) is 12.7 Å². The van der Waals surface area contributed by atoms with Crippen molar-refractivity contribution in [1.29, 1.82) is 0 Å². The van der Waals surface area contributed by atoms with Gasteiger partial charge in [0.2, 0.25) is 0 Å². The van der Waals surface area contributed by atoms with E-state index in [2.05, 4.69) is 20.4 Å². The second-order valence-corrected chi connectivity index (χ2v) is 6.03. The van der Waals surface area contributed by atoms with Crippen LogP contribution in [0.3, 0.4) is 0 Å². The van der Waals surface area contributed by atoms with Gasteiger partial charge in [0.25, 0.3) is 0 Å². The zero-order chi connectivity index (χ0) is 19.7. The van der Waals surface area contributed by atoms with E-state index in [1.807, 2.05) is 12.1 Å². The molecule has 142 valence electrons. The van der Waals surface area contributed by atoms with Gasteiger partial charge in [-0.3, -0.25) is 4.98 Å². The van der Waals surface area contributed by atoms with E-state index in [0.717, 1.165) is 29.5 Å². The number of alkyl halides is 3. The van der Waals surface area contributed by atoms with E-state index < -0.39 is 17.6 Å². The molecular weight excluding hydrogens is 374 g/mol. The number of hydrogen-bond donors (Lipinski definition) is 1. The molecule has 1 N–H and O–H groups in total. The number of aromatic nitrogens is 4. The smallest absolute Gasteiger partial charge is 0.364 e.